The number of hydrogen-bond donors (Lipinski definition) is 1. The normalized spacial score (nSPS) is 17.5. The van der Waals surface area contributed by atoms with E-state index in [1.165, 1.54) is 12.1 Å². The van der Waals surface area contributed by atoms with E-state index >= 15 is 0 Å². The van der Waals surface area contributed by atoms with Crippen molar-refractivity contribution in [1.29, 1.82) is 0 Å². The van der Waals surface area contributed by atoms with Crippen LogP contribution in [0.3, 0.4) is 0 Å². The third kappa shape index (κ3) is 16.1. The molecule has 69 heavy (non-hydrogen) atoms. The van der Waals surface area contributed by atoms with Gasteiger partial charge in [0.2, 0.25) is 0 Å². The first-order valence-electron chi connectivity index (χ1n) is 21.0. The zero-order valence-corrected chi connectivity index (χ0v) is 49.7. The summed E-state index contributed by atoms with van der Waals surface area (Å²) < 4.78 is 115. The monoisotopic (exact) mass is 1070 g/mol. The van der Waals surface area contributed by atoms with Crippen molar-refractivity contribution in [3.63, 3.8) is 0 Å². The fourth-order valence-corrected chi connectivity index (χ4v) is 10.9. The molecule has 1 heterocycles. The third-order valence-corrected chi connectivity index (χ3v) is 15.1. The van der Waals surface area contributed by atoms with Crippen LogP contribution in [0.5, 0.6) is 5.75 Å². The van der Waals surface area contributed by atoms with Gasteiger partial charge in [0.1, 0.15) is 21.6 Å². The van der Waals surface area contributed by atoms with Crippen molar-refractivity contribution in [3.05, 3.63) is 130 Å². The number of isothiocyanates is 1. The first-order chi connectivity index (χ1) is 31.0. The van der Waals surface area contributed by atoms with Crippen molar-refractivity contribution in [1.82, 2.24) is 0 Å². The molecule has 3 aromatic rings. The Hall–Kier alpha value is -1.28. The Kier molecular flexibility index (Phi) is 23.6. The zero-order chi connectivity index (χ0) is 48.1. The Balaban J connectivity index is 0.00000420. The minimum absolute atomic E-state index is 0. The van der Waals surface area contributed by atoms with Gasteiger partial charge in [-0.2, -0.15) is 17.7 Å². The van der Waals surface area contributed by atoms with Crippen molar-refractivity contribution in [2.24, 2.45) is 4.99 Å². The number of aliphatic imine (C=N–C) groups is 1. The Morgan fingerprint density at radius 2 is 1.54 bits per heavy atom. The van der Waals surface area contributed by atoms with E-state index in [-0.39, 0.29) is 112 Å². The molecule has 0 amide bonds. The average molecular weight is 1070 g/mol. The maximum absolute atomic E-state index is 12.1. The molecule has 354 valence electrons. The van der Waals surface area contributed by atoms with E-state index < -0.39 is 46.9 Å². The number of fused-ring (bicyclic) bond motifs is 2. The van der Waals surface area contributed by atoms with Crippen molar-refractivity contribution < 1.29 is 147 Å². The van der Waals surface area contributed by atoms with Crippen LogP contribution >= 0.6 is 24.3 Å². The van der Waals surface area contributed by atoms with Crippen LogP contribution in [0.2, 0.25) is 0 Å². The zero-order valence-electron chi connectivity index (χ0n) is 39.6. The van der Waals surface area contributed by atoms with Crippen molar-refractivity contribution in [3.8, 4) is 5.75 Å². The summed E-state index contributed by atoms with van der Waals surface area (Å²) >= 11 is 5.57. The minimum atomic E-state index is -4.78. The van der Waals surface area contributed by atoms with Crippen molar-refractivity contribution >= 4 is 76.7 Å². The van der Waals surface area contributed by atoms with Crippen LogP contribution in [0.4, 0.5) is 11.4 Å². The largest absolute Gasteiger partial charge is 1.00 e. The Labute approximate surface area is 481 Å². The average Bonchev–Trinajstić information content (AvgIpc) is 3.58. The molecule has 0 saturated heterocycles. The van der Waals surface area contributed by atoms with Crippen molar-refractivity contribution in [2.75, 3.05) is 23.0 Å². The van der Waals surface area contributed by atoms with Gasteiger partial charge in [0, 0.05) is 39.4 Å². The van der Waals surface area contributed by atoms with Gasteiger partial charge >= 0.3 is 88.7 Å². The fraction of sp³-hybridized carbons (Fsp3) is 0.370. The Morgan fingerprint density at radius 3 is 2.17 bits per heavy atom. The number of ether oxygens (including phenoxy) is 1. The first-order valence-corrected chi connectivity index (χ1v) is 26.7. The van der Waals surface area contributed by atoms with Gasteiger partial charge in [-0.1, -0.05) is 52.0 Å². The molecule has 15 nitrogen and oxygen atoms in total. The molecule has 0 saturated carbocycles. The molecule has 2 aliphatic carbocycles. The van der Waals surface area contributed by atoms with Crippen LogP contribution in [-0.2, 0) is 50.6 Å². The second-order valence-corrected chi connectivity index (χ2v) is 22.6. The van der Waals surface area contributed by atoms with Crippen LogP contribution in [0.15, 0.2) is 128 Å². The Bertz CT molecular complexity index is 2910. The second-order valence-electron chi connectivity index (χ2n) is 17.1. The number of thiocarbonyl (C=S) groups is 1. The van der Waals surface area contributed by atoms with Gasteiger partial charge in [-0.3, -0.25) is 9.59 Å². The van der Waals surface area contributed by atoms with Gasteiger partial charge in [-0.15, -0.1) is 0 Å². The quantitative estimate of drug-likeness (QED) is 0.0223. The van der Waals surface area contributed by atoms with E-state index in [2.05, 4.69) is 39.4 Å². The maximum Gasteiger partial charge on any atom is 1.00 e. The second kappa shape index (κ2) is 26.3. The fourth-order valence-electron chi connectivity index (χ4n) is 8.81. The predicted molar refractivity (Wildman–Crippen MR) is 251 cm³/mol. The molecule has 3 aliphatic rings. The topological polar surface area (TPSA) is 235 Å². The standard InChI is InChI=1S/C46H52N2O13S5.3Na/c1-45(2)39(37(12-5-7-26-64(50,51)52)38-21-19-35(28-40(38)45)63-61-60-49)22-13-31-10-9-11-32(44(31)59-34-17-15-33(16-18-34)47-30-62)14-24-43-46(3,4)41-29-36(66(56,57)58)20-23-42(41)48(43)25-6-8-27-65(53,54)55;;;/h13-24,28-29,49H,5-12,25-27H2,1-4H3,(H,50,51,52)(H,53,54,55)(H,56,57,58);;;/q;3*+1/p-3/b22-13+,32-14+,43-24+;;;. The van der Waals surface area contributed by atoms with E-state index in [1.54, 1.807) is 36.4 Å². The maximum atomic E-state index is 12.1. The summed E-state index contributed by atoms with van der Waals surface area (Å²) in [6.45, 7) is 8.28. The predicted octanol–water partition coefficient (Wildman–Crippen LogP) is -0.323. The van der Waals surface area contributed by atoms with Crippen LogP contribution < -0.4 is 104 Å². The van der Waals surface area contributed by atoms with Gasteiger partial charge in [0.05, 0.1) is 43.7 Å². The molecule has 0 atom stereocenters. The van der Waals surface area contributed by atoms with Gasteiger partial charge in [-0.05, 0) is 163 Å². The number of unbranched alkanes of at least 4 members (excludes halogenated alkanes) is 2. The van der Waals surface area contributed by atoms with E-state index in [9.17, 15) is 44.2 Å². The summed E-state index contributed by atoms with van der Waals surface area (Å²) in [4.78, 5) is 6.28. The molecule has 0 fully saturated rings. The molecule has 1 aliphatic heterocycles. The number of allylic oxidation sites excluding steroid dienone is 9. The number of hydrogen-bond acceptors (Lipinski definition) is 16. The van der Waals surface area contributed by atoms with Crippen LogP contribution in [-0.4, -0.2) is 62.1 Å². The molecule has 0 unspecified atom stereocenters. The van der Waals surface area contributed by atoms with Crippen LogP contribution in [0, 0.1) is 0 Å². The molecule has 1 N–H and O–H groups in total. The van der Waals surface area contributed by atoms with Gasteiger partial charge in [0.15, 0.2) is 0 Å². The molecule has 0 radical (unpaired) electrons. The van der Waals surface area contributed by atoms with Gasteiger partial charge in [-0.25, -0.2) is 16.8 Å². The summed E-state index contributed by atoms with van der Waals surface area (Å²) in [6.07, 6.45) is 11.7. The smallest absolute Gasteiger partial charge is 0.748 e. The molecule has 6 rings (SSSR count). The number of anilines is 1. The summed E-state index contributed by atoms with van der Waals surface area (Å²) in [5, 5.41) is 16.6. The molecule has 3 aromatic carbocycles. The molecular formula is C46H49N2Na3O13S5. The van der Waals surface area contributed by atoms with E-state index in [0.717, 1.165) is 57.6 Å². The molecule has 23 heteroatoms. The van der Waals surface area contributed by atoms with Crippen molar-refractivity contribution in [2.45, 2.75) is 99.7 Å². The summed E-state index contributed by atoms with van der Waals surface area (Å²) in [7, 11) is -13.4. The Morgan fingerprint density at radius 1 is 0.841 bits per heavy atom. The van der Waals surface area contributed by atoms with E-state index in [0.29, 0.717) is 72.0 Å². The molecular weight excluding hydrogens is 1020 g/mol. The third-order valence-electron chi connectivity index (χ3n) is 12.0. The number of nitrogens with zero attached hydrogens (tertiary/aromatic N) is 2. The molecule has 0 aromatic heterocycles. The summed E-state index contributed by atoms with van der Waals surface area (Å²) in [5.41, 5.74) is 6.82. The summed E-state index contributed by atoms with van der Waals surface area (Å²) in [6, 6.07) is 16.9. The number of benzene rings is 3. The SMILES string of the molecule is CC1(C)C(/C=C/C2=C(Oc3ccc(N=C=S)cc3)C(=C/C=C3/N(CCCCS(=O)(=O)[O-])c4ccc(S(=O)(=O)[O-])cc4C3(C)C)/CCC2)=C(CCCCS(=O)(=O)O)c2ccc(SOO[O-])cc21.[Na+].[Na+].[Na+]. The summed E-state index contributed by atoms with van der Waals surface area (Å²) in [5.74, 6) is 0.225. The van der Waals surface area contributed by atoms with E-state index in [4.69, 9.17) is 17.0 Å². The van der Waals surface area contributed by atoms with E-state index in [1.807, 2.05) is 49.1 Å². The number of rotatable bonds is 20. The molecule has 0 spiro atoms. The minimum Gasteiger partial charge on any atom is -0.748 e. The van der Waals surface area contributed by atoms with Gasteiger partial charge < -0.3 is 24.0 Å². The molecule has 0 bridgehead atoms. The van der Waals surface area contributed by atoms with Crippen LogP contribution in [0.1, 0.15) is 95.8 Å². The first kappa shape index (κ1) is 62.0. The van der Waals surface area contributed by atoms with Gasteiger partial charge in [0.25, 0.3) is 10.1 Å². The van der Waals surface area contributed by atoms with Crippen LogP contribution in [0.25, 0.3) is 5.57 Å².